The zero-order valence-corrected chi connectivity index (χ0v) is 17.4. The van der Waals surface area contributed by atoms with Crippen LogP contribution < -0.4 is 5.32 Å². The number of carbonyl (C=O) groups is 1. The minimum absolute atomic E-state index is 0.120. The summed E-state index contributed by atoms with van der Waals surface area (Å²) < 4.78 is 1.15. The number of fused-ring (bicyclic) bond motifs is 1. The highest BCUT2D eigenvalue weighted by Gasteiger charge is 2.20. The maximum Gasteiger partial charge on any atom is 0.253 e. The van der Waals surface area contributed by atoms with Crippen LogP contribution in [0.15, 0.2) is 41.8 Å². The van der Waals surface area contributed by atoms with Crippen molar-refractivity contribution in [1.82, 2.24) is 20.1 Å². The van der Waals surface area contributed by atoms with E-state index in [1.54, 1.807) is 11.3 Å². The number of hydrogen-bond donors (Lipinski definition) is 1. The summed E-state index contributed by atoms with van der Waals surface area (Å²) in [5.41, 5.74) is 3.83. The van der Waals surface area contributed by atoms with Gasteiger partial charge in [-0.1, -0.05) is 23.7 Å². The van der Waals surface area contributed by atoms with Crippen molar-refractivity contribution in [3.8, 4) is 0 Å². The Morgan fingerprint density at radius 2 is 1.89 bits per heavy atom. The van der Waals surface area contributed by atoms with E-state index >= 15 is 0 Å². The Bertz CT molecular complexity index is 964. The van der Waals surface area contributed by atoms with Gasteiger partial charge in [-0.3, -0.25) is 4.79 Å². The Balaban J connectivity index is 1.33. The summed E-state index contributed by atoms with van der Waals surface area (Å²) in [4.78, 5) is 21.2. The first kappa shape index (κ1) is 19.3. The van der Waals surface area contributed by atoms with Gasteiger partial charge in [-0.2, -0.15) is 0 Å². The Hall–Kier alpha value is -1.99. The Kier molecular flexibility index (Phi) is 5.92. The first-order valence-corrected chi connectivity index (χ1v) is 10.7. The smallest absolute Gasteiger partial charge is 0.253 e. The molecule has 1 amide bonds. The molecule has 3 heterocycles. The van der Waals surface area contributed by atoms with Crippen LogP contribution in [0.1, 0.15) is 21.5 Å². The molecule has 5 nitrogen and oxygen atoms in total. The second kappa shape index (κ2) is 8.57. The van der Waals surface area contributed by atoms with Crippen LogP contribution in [0, 0.1) is 0 Å². The molecule has 7 heteroatoms. The van der Waals surface area contributed by atoms with Crippen molar-refractivity contribution in [3.63, 3.8) is 0 Å². The van der Waals surface area contributed by atoms with E-state index in [0.29, 0.717) is 18.2 Å². The number of rotatable bonds is 5. The molecule has 0 radical (unpaired) electrons. The SMILES string of the molecule is CN1CCN(C(=O)c2ccc(CNCc3cc4sccc4nc3Cl)cc2)CC1. The molecule has 3 aromatic rings. The van der Waals surface area contributed by atoms with Crippen LogP contribution in [-0.2, 0) is 13.1 Å². The van der Waals surface area contributed by atoms with Crippen LogP contribution >= 0.6 is 22.9 Å². The maximum absolute atomic E-state index is 12.6. The molecule has 0 atom stereocenters. The Morgan fingerprint density at radius 1 is 1.14 bits per heavy atom. The number of carbonyl (C=O) groups excluding carboxylic acids is 1. The maximum atomic E-state index is 12.6. The monoisotopic (exact) mass is 414 g/mol. The Labute approximate surface area is 173 Å². The average molecular weight is 415 g/mol. The molecular formula is C21H23ClN4OS. The third-order valence-electron chi connectivity index (χ3n) is 5.10. The molecule has 1 aliphatic rings. The highest BCUT2D eigenvalue weighted by atomic mass is 35.5. The lowest BCUT2D eigenvalue weighted by atomic mass is 10.1. The van der Waals surface area contributed by atoms with Crippen LogP contribution in [-0.4, -0.2) is 53.9 Å². The summed E-state index contributed by atoms with van der Waals surface area (Å²) in [5.74, 6) is 0.120. The number of hydrogen-bond acceptors (Lipinski definition) is 5. The van der Waals surface area contributed by atoms with Crippen LogP contribution in [0.3, 0.4) is 0 Å². The van der Waals surface area contributed by atoms with Gasteiger partial charge in [0, 0.05) is 50.4 Å². The van der Waals surface area contributed by atoms with Crippen molar-refractivity contribution in [1.29, 1.82) is 0 Å². The van der Waals surface area contributed by atoms with Crippen molar-refractivity contribution < 1.29 is 4.79 Å². The first-order chi connectivity index (χ1) is 13.6. The first-order valence-electron chi connectivity index (χ1n) is 9.40. The lowest BCUT2D eigenvalue weighted by Gasteiger charge is -2.32. The Morgan fingerprint density at radius 3 is 2.64 bits per heavy atom. The van der Waals surface area contributed by atoms with Crippen LogP contribution in [0.25, 0.3) is 10.2 Å². The number of aromatic nitrogens is 1. The van der Waals surface area contributed by atoms with E-state index in [9.17, 15) is 4.79 Å². The predicted octanol–water partition coefficient (Wildman–Crippen LogP) is 3.63. The van der Waals surface area contributed by atoms with Gasteiger partial charge in [0.2, 0.25) is 0 Å². The number of pyridine rings is 1. The fourth-order valence-electron chi connectivity index (χ4n) is 3.33. The van der Waals surface area contributed by atoms with Crippen molar-refractivity contribution in [2.24, 2.45) is 0 Å². The number of likely N-dealkylation sites (N-methyl/N-ethyl adjacent to an activating group) is 1. The standard InChI is InChI=1S/C21H23ClN4OS/c1-25-7-9-26(10-8-25)21(27)16-4-2-15(3-5-16)13-23-14-17-12-19-18(6-11-28-19)24-20(17)22/h2-6,11-12,23H,7-10,13-14H2,1H3. The van der Waals surface area contributed by atoms with Crippen molar-refractivity contribution in [2.45, 2.75) is 13.1 Å². The van der Waals surface area contributed by atoms with Crippen LogP contribution in [0.4, 0.5) is 0 Å². The molecule has 1 aromatic carbocycles. The fraction of sp³-hybridized carbons (Fsp3) is 0.333. The van der Waals surface area contributed by atoms with Gasteiger partial charge in [-0.05, 0) is 42.3 Å². The summed E-state index contributed by atoms with van der Waals surface area (Å²) in [7, 11) is 2.09. The van der Waals surface area contributed by atoms with E-state index in [1.165, 1.54) is 0 Å². The third-order valence-corrected chi connectivity index (χ3v) is 6.28. The molecule has 0 bridgehead atoms. The summed E-state index contributed by atoms with van der Waals surface area (Å²) in [6.07, 6.45) is 0. The molecule has 1 N–H and O–H groups in total. The van der Waals surface area contributed by atoms with Gasteiger partial charge in [-0.15, -0.1) is 11.3 Å². The van der Waals surface area contributed by atoms with E-state index in [4.69, 9.17) is 11.6 Å². The minimum Gasteiger partial charge on any atom is -0.336 e. The van der Waals surface area contributed by atoms with Gasteiger partial charge < -0.3 is 15.1 Å². The second-order valence-electron chi connectivity index (χ2n) is 7.14. The molecule has 0 spiro atoms. The highest BCUT2D eigenvalue weighted by molar-refractivity contribution is 7.17. The lowest BCUT2D eigenvalue weighted by Crippen LogP contribution is -2.47. The lowest BCUT2D eigenvalue weighted by molar-refractivity contribution is 0.0664. The summed E-state index contributed by atoms with van der Waals surface area (Å²) in [6.45, 7) is 4.82. The largest absolute Gasteiger partial charge is 0.336 e. The zero-order chi connectivity index (χ0) is 19.5. The van der Waals surface area contributed by atoms with Crippen LogP contribution in [0.2, 0.25) is 5.15 Å². The molecule has 0 unspecified atom stereocenters. The zero-order valence-electron chi connectivity index (χ0n) is 15.8. The minimum atomic E-state index is 0.120. The van der Waals surface area contributed by atoms with Gasteiger partial charge in [0.1, 0.15) is 5.15 Å². The normalized spacial score (nSPS) is 15.3. The number of amides is 1. The van der Waals surface area contributed by atoms with Crippen molar-refractivity contribution in [2.75, 3.05) is 33.2 Å². The predicted molar refractivity (Wildman–Crippen MR) is 115 cm³/mol. The van der Waals surface area contributed by atoms with Crippen molar-refractivity contribution in [3.05, 3.63) is 63.6 Å². The van der Waals surface area contributed by atoms with Gasteiger partial charge in [0.05, 0.1) is 10.2 Å². The number of halogens is 1. The topological polar surface area (TPSA) is 48.5 Å². The second-order valence-corrected chi connectivity index (χ2v) is 8.44. The van der Waals surface area contributed by atoms with Crippen molar-refractivity contribution >= 4 is 39.1 Å². The molecule has 0 aliphatic carbocycles. The number of nitrogens with zero attached hydrogens (tertiary/aromatic N) is 3. The summed E-state index contributed by atoms with van der Waals surface area (Å²) >= 11 is 7.96. The van der Waals surface area contributed by atoms with E-state index in [2.05, 4.69) is 28.3 Å². The third kappa shape index (κ3) is 4.36. The van der Waals surface area contributed by atoms with Crippen LogP contribution in [0.5, 0.6) is 0 Å². The molecule has 2 aromatic heterocycles. The molecule has 4 rings (SSSR count). The quantitative estimate of drug-likeness (QED) is 0.648. The summed E-state index contributed by atoms with van der Waals surface area (Å²) in [6, 6.07) is 11.9. The fourth-order valence-corrected chi connectivity index (χ4v) is 4.33. The molecule has 146 valence electrons. The highest BCUT2D eigenvalue weighted by Crippen LogP contribution is 2.24. The van der Waals surface area contributed by atoms with E-state index in [1.807, 2.05) is 40.6 Å². The molecule has 1 saturated heterocycles. The molecule has 28 heavy (non-hydrogen) atoms. The van der Waals surface area contributed by atoms with E-state index in [-0.39, 0.29) is 5.91 Å². The molecule has 1 aliphatic heterocycles. The van der Waals surface area contributed by atoms with Gasteiger partial charge in [0.25, 0.3) is 5.91 Å². The van der Waals surface area contributed by atoms with E-state index in [0.717, 1.165) is 53.1 Å². The molecule has 0 saturated carbocycles. The van der Waals surface area contributed by atoms with Gasteiger partial charge in [-0.25, -0.2) is 4.98 Å². The number of thiophene rings is 1. The van der Waals surface area contributed by atoms with Gasteiger partial charge in [0.15, 0.2) is 0 Å². The average Bonchev–Trinajstić information content (AvgIpc) is 3.16. The van der Waals surface area contributed by atoms with Gasteiger partial charge >= 0.3 is 0 Å². The number of piperazine rings is 1. The van der Waals surface area contributed by atoms with E-state index < -0.39 is 0 Å². The molecule has 1 fully saturated rings. The summed E-state index contributed by atoms with van der Waals surface area (Å²) in [5, 5.41) is 5.98. The molecular weight excluding hydrogens is 392 g/mol. The number of benzene rings is 1. The number of nitrogens with one attached hydrogen (secondary N) is 1.